The largest absolute Gasteiger partial charge is 0.395 e. The summed E-state index contributed by atoms with van der Waals surface area (Å²) in [6.45, 7) is 2.96. The molecule has 5 heteroatoms. The Morgan fingerprint density at radius 2 is 2.29 bits per heavy atom. The molecular weight excluding hydrogens is 238 g/mol. The number of hydrogen-bond acceptors (Lipinski definition) is 3. The quantitative estimate of drug-likeness (QED) is 0.854. The molecule has 2 aromatic heterocycles. The second-order valence-electron chi connectivity index (χ2n) is 3.85. The van der Waals surface area contributed by atoms with Crippen molar-refractivity contribution in [2.45, 2.75) is 25.9 Å². The Morgan fingerprint density at radius 3 is 3.00 bits per heavy atom. The van der Waals surface area contributed by atoms with Crippen molar-refractivity contribution < 1.29 is 5.11 Å². The number of nitrogens with zero attached hydrogens (tertiary/aromatic N) is 2. The Kier molecular flexibility index (Phi) is 5.41. The Bertz CT molecular complexity index is 454. The molecule has 0 amide bonds. The average Bonchev–Trinajstić information content (AvgIpc) is 2.74. The van der Waals surface area contributed by atoms with E-state index in [2.05, 4.69) is 21.6 Å². The van der Waals surface area contributed by atoms with Crippen LogP contribution in [-0.2, 0) is 6.54 Å². The number of hydrogen-bond donors (Lipinski definition) is 2. The van der Waals surface area contributed by atoms with Gasteiger partial charge in [0.05, 0.1) is 18.5 Å². The van der Waals surface area contributed by atoms with Gasteiger partial charge in [0.1, 0.15) is 5.65 Å². The zero-order chi connectivity index (χ0) is 11.4. The van der Waals surface area contributed by atoms with Crippen LogP contribution >= 0.6 is 12.4 Å². The number of aromatic nitrogens is 2. The van der Waals surface area contributed by atoms with E-state index in [1.807, 2.05) is 30.6 Å². The molecule has 0 saturated heterocycles. The smallest absolute Gasteiger partial charge is 0.136 e. The lowest BCUT2D eigenvalue weighted by Gasteiger charge is -2.13. The van der Waals surface area contributed by atoms with Crippen LogP contribution in [0.15, 0.2) is 30.6 Å². The van der Waals surface area contributed by atoms with E-state index in [1.165, 1.54) is 0 Å². The summed E-state index contributed by atoms with van der Waals surface area (Å²) in [5.74, 6) is 0. The highest BCUT2D eigenvalue weighted by Crippen LogP contribution is 2.06. The molecule has 0 spiro atoms. The molecule has 1 atom stereocenters. The molecule has 4 nitrogen and oxygen atoms in total. The summed E-state index contributed by atoms with van der Waals surface area (Å²) in [4.78, 5) is 4.31. The summed E-state index contributed by atoms with van der Waals surface area (Å²) in [6.07, 6.45) is 4.79. The lowest BCUT2D eigenvalue weighted by atomic mass is 10.2. The number of aliphatic hydroxyl groups excluding tert-OH is 1. The molecule has 2 N–H and O–H groups in total. The molecule has 0 aliphatic rings. The third-order valence-electron chi connectivity index (χ3n) is 2.78. The average molecular weight is 256 g/mol. The van der Waals surface area contributed by atoms with Crippen LogP contribution in [0.3, 0.4) is 0 Å². The number of fused-ring (bicyclic) bond motifs is 1. The van der Waals surface area contributed by atoms with E-state index >= 15 is 0 Å². The summed E-state index contributed by atoms with van der Waals surface area (Å²) in [5.41, 5.74) is 2.07. The van der Waals surface area contributed by atoms with Crippen molar-refractivity contribution in [1.82, 2.24) is 14.7 Å². The predicted molar refractivity (Wildman–Crippen MR) is 70.4 cm³/mol. The van der Waals surface area contributed by atoms with E-state index in [1.54, 1.807) is 0 Å². The third-order valence-corrected chi connectivity index (χ3v) is 2.78. The molecule has 0 saturated carbocycles. The summed E-state index contributed by atoms with van der Waals surface area (Å²) in [5, 5.41) is 12.4. The predicted octanol–water partition coefficient (Wildman–Crippen LogP) is 1.62. The zero-order valence-electron chi connectivity index (χ0n) is 9.84. The highest BCUT2D eigenvalue weighted by molar-refractivity contribution is 5.85. The maximum Gasteiger partial charge on any atom is 0.136 e. The Morgan fingerprint density at radius 1 is 1.47 bits per heavy atom. The topological polar surface area (TPSA) is 49.6 Å². The lowest BCUT2D eigenvalue weighted by Crippen LogP contribution is -2.31. The van der Waals surface area contributed by atoms with E-state index < -0.39 is 0 Å². The van der Waals surface area contributed by atoms with Gasteiger partial charge >= 0.3 is 0 Å². The van der Waals surface area contributed by atoms with Crippen LogP contribution in [0.25, 0.3) is 5.65 Å². The first-order valence-corrected chi connectivity index (χ1v) is 5.60. The zero-order valence-corrected chi connectivity index (χ0v) is 10.7. The summed E-state index contributed by atoms with van der Waals surface area (Å²) < 4.78 is 2.05. The fourth-order valence-corrected chi connectivity index (χ4v) is 1.70. The molecule has 0 bridgehead atoms. The van der Waals surface area contributed by atoms with Crippen molar-refractivity contribution >= 4 is 18.1 Å². The second kappa shape index (κ2) is 6.59. The SMILES string of the molecule is CCC(CO)NCc1cnc2ccccn12.Cl. The molecular formula is C12H18ClN3O. The molecule has 0 aliphatic carbocycles. The van der Waals surface area contributed by atoms with Crippen LogP contribution in [-0.4, -0.2) is 27.1 Å². The highest BCUT2D eigenvalue weighted by Gasteiger charge is 2.06. The Hall–Kier alpha value is -1.10. The third kappa shape index (κ3) is 3.19. The molecule has 17 heavy (non-hydrogen) atoms. The number of pyridine rings is 1. The van der Waals surface area contributed by atoms with Crippen molar-refractivity contribution in [2.75, 3.05) is 6.61 Å². The van der Waals surface area contributed by atoms with Crippen LogP contribution in [0.5, 0.6) is 0 Å². The summed E-state index contributed by atoms with van der Waals surface area (Å²) in [6, 6.07) is 6.10. The number of aliphatic hydroxyl groups is 1. The monoisotopic (exact) mass is 255 g/mol. The normalized spacial score (nSPS) is 12.4. The van der Waals surface area contributed by atoms with Gasteiger partial charge in [0.2, 0.25) is 0 Å². The maximum absolute atomic E-state index is 9.08. The Labute approximate surface area is 107 Å². The van der Waals surface area contributed by atoms with E-state index in [0.29, 0.717) is 0 Å². The molecule has 1 unspecified atom stereocenters. The standard InChI is InChI=1S/C12H17N3O.ClH/c1-2-10(9-16)13-7-11-8-14-12-5-3-4-6-15(11)12;/h3-6,8,10,13,16H,2,7,9H2,1H3;1H. The molecule has 0 aromatic carbocycles. The molecule has 0 radical (unpaired) electrons. The number of rotatable bonds is 5. The second-order valence-corrected chi connectivity index (χ2v) is 3.85. The van der Waals surface area contributed by atoms with E-state index in [0.717, 1.165) is 24.3 Å². The van der Waals surface area contributed by atoms with Crippen LogP contribution in [0, 0.1) is 0 Å². The first kappa shape index (κ1) is 14.0. The van der Waals surface area contributed by atoms with E-state index in [9.17, 15) is 0 Å². The van der Waals surface area contributed by atoms with Crippen LogP contribution in [0.4, 0.5) is 0 Å². The van der Waals surface area contributed by atoms with Gasteiger partial charge in [-0.25, -0.2) is 4.98 Å². The van der Waals surface area contributed by atoms with E-state index in [-0.39, 0.29) is 25.1 Å². The molecule has 0 aliphatic heterocycles. The molecule has 2 rings (SSSR count). The van der Waals surface area contributed by atoms with Gasteiger partial charge in [-0.2, -0.15) is 0 Å². The van der Waals surface area contributed by atoms with Crippen molar-refractivity contribution in [3.63, 3.8) is 0 Å². The van der Waals surface area contributed by atoms with Gasteiger partial charge in [-0.1, -0.05) is 13.0 Å². The molecule has 0 fully saturated rings. The van der Waals surface area contributed by atoms with Crippen molar-refractivity contribution in [3.05, 3.63) is 36.3 Å². The van der Waals surface area contributed by atoms with Crippen LogP contribution < -0.4 is 5.32 Å². The number of halogens is 1. The molecule has 94 valence electrons. The minimum Gasteiger partial charge on any atom is -0.395 e. The van der Waals surface area contributed by atoms with Gasteiger partial charge < -0.3 is 14.8 Å². The minimum absolute atomic E-state index is 0. The summed E-state index contributed by atoms with van der Waals surface area (Å²) in [7, 11) is 0. The van der Waals surface area contributed by atoms with Gasteiger partial charge in [0, 0.05) is 18.8 Å². The van der Waals surface area contributed by atoms with Crippen molar-refractivity contribution in [1.29, 1.82) is 0 Å². The number of imidazole rings is 1. The fourth-order valence-electron chi connectivity index (χ4n) is 1.70. The van der Waals surface area contributed by atoms with E-state index in [4.69, 9.17) is 5.11 Å². The van der Waals surface area contributed by atoms with Crippen LogP contribution in [0.2, 0.25) is 0 Å². The Balaban J connectivity index is 0.00000144. The first-order chi connectivity index (χ1) is 7.85. The van der Waals surface area contributed by atoms with Gasteiger partial charge in [0.15, 0.2) is 0 Å². The van der Waals surface area contributed by atoms with Crippen LogP contribution in [0.1, 0.15) is 19.0 Å². The maximum atomic E-state index is 9.08. The summed E-state index contributed by atoms with van der Waals surface area (Å²) >= 11 is 0. The minimum atomic E-state index is 0. The highest BCUT2D eigenvalue weighted by atomic mass is 35.5. The first-order valence-electron chi connectivity index (χ1n) is 5.60. The lowest BCUT2D eigenvalue weighted by molar-refractivity contribution is 0.238. The van der Waals surface area contributed by atoms with Crippen molar-refractivity contribution in [2.24, 2.45) is 0 Å². The fraction of sp³-hybridized carbons (Fsp3) is 0.417. The molecule has 2 heterocycles. The van der Waals surface area contributed by atoms with Gasteiger partial charge in [0.25, 0.3) is 0 Å². The van der Waals surface area contributed by atoms with Gasteiger partial charge in [-0.05, 0) is 18.6 Å². The molecule has 2 aromatic rings. The van der Waals surface area contributed by atoms with Crippen molar-refractivity contribution in [3.8, 4) is 0 Å². The van der Waals surface area contributed by atoms with Gasteiger partial charge in [-0.3, -0.25) is 0 Å². The van der Waals surface area contributed by atoms with Gasteiger partial charge in [-0.15, -0.1) is 12.4 Å². The number of nitrogens with one attached hydrogen (secondary N) is 1.